The van der Waals surface area contributed by atoms with Crippen LogP contribution >= 0.6 is 0 Å². The van der Waals surface area contributed by atoms with Gasteiger partial charge < -0.3 is 0 Å². The molecule has 2 fully saturated rings. The fraction of sp³-hybridized carbons (Fsp3) is 0.792. The summed E-state index contributed by atoms with van der Waals surface area (Å²) in [4.78, 5) is 4.92. The topological polar surface area (TPSA) is 12.9 Å². The van der Waals surface area contributed by atoms with Crippen LogP contribution in [0.25, 0.3) is 0 Å². The minimum atomic E-state index is 0.729. The number of hydrogen-bond donors (Lipinski definition) is 0. The molecule has 0 spiro atoms. The van der Waals surface area contributed by atoms with Gasteiger partial charge in [0.1, 0.15) is 0 Å². The number of hydrogen-bond acceptors (Lipinski definition) is 1. The van der Waals surface area contributed by atoms with Crippen LogP contribution in [0.15, 0.2) is 18.3 Å². The molecular formula is C24H39N. The molecule has 2 aliphatic rings. The van der Waals surface area contributed by atoms with Crippen molar-refractivity contribution in [2.75, 3.05) is 0 Å². The highest BCUT2D eigenvalue weighted by Crippen LogP contribution is 2.39. The van der Waals surface area contributed by atoms with Crippen molar-refractivity contribution in [3.63, 3.8) is 0 Å². The molecule has 3 rings (SSSR count). The number of nitrogens with zero attached hydrogens (tertiary/aromatic N) is 1. The minimum Gasteiger partial charge on any atom is -0.261 e. The highest BCUT2D eigenvalue weighted by molar-refractivity contribution is 5.21. The standard InChI is InChI=1S/C24H39N/c1-3-5-7-20-10-14-22(15-11-20)24-17-16-23(18-25-24)21-12-8-19(6-4-2)9-13-21/h16-22H,3-15H2,1-2H3. The average Bonchev–Trinajstić information content (AvgIpc) is 2.68. The highest BCUT2D eigenvalue weighted by Gasteiger charge is 2.24. The predicted molar refractivity (Wildman–Crippen MR) is 108 cm³/mol. The second kappa shape index (κ2) is 9.74. The van der Waals surface area contributed by atoms with E-state index in [0.29, 0.717) is 0 Å². The van der Waals surface area contributed by atoms with Crippen molar-refractivity contribution in [3.05, 3.63) is 29.6 Å². The Balaban J connectivity index is 1.48. The normalized spacial score (nSPS) is 30.3. The molecule has 25 heavy (non-hydrogen) atoms. The van der Waals surface area contributed by atoms with Crippen LogP contribution in [0.5, 0.6) is 0 Å². The zero-order valence-corrected chi connectivity index (χ0v) is 16.7. The summed E-state index contributed by atoms with van der Waals surface area (Å²) in [7, 11) is 0. The second-order valence-corrected chi connectivity index (χ2v) is 8.88. The van der Waals surface area contributed by atoms with Gasteiger partial charge in [-0.15, -0.1) is 0 Å². The van der Waals surface area contributed by atoms with E-state index in [2.05, 4.69) is 32.2 Å². The van der Waals surface area contributed by atoms with Crippen LogP contribution in [0, 0.1) is 11.8 Å². The molecule has 2 aliphatic carbocycles. The Bertz CT molecular complexity index is 475. The van der Waals surface area contributed by atoms with Crippen molar-refractivity contribution < 1.29 is 0 Å². The first-order valence-electron chi connectivity index (χ1n) is 11.3. The third-order valence-corrected chi connectivity index (χ3v) is 7.06. The van der Waals surface area contributed by atoms with Crippen LogP contribution in [0.4, 0.5) is 0 Å². The molecule has 0 aromatic carbocycles. The van der Waals surface area contributed by atoms with Crippen LogP contribution in [0.3, 0.4) is 0 Å². The van der Waals surface area contributed by atoms with E-state index in [-0.39, 0.29) is 0 Å². The van der Waals surface area contributed by atoms with Gasteiger partial charge in [-0.2, -0.15) is 0 Å². The molecule has 0 saturated heterocycles. The number of pyridine rings is 1. The number of unbranched alkanes of at least 4 members (excludes halogenated alkanes) is 1. The monoisotopic (exact) mass is 341 g/mol. The predicted octanol–water partition coefficient (Wildman–Crippen LogP) is 7.62. The molecule has 0 unspecified atom stereocenters. The maximum atomic E-state index is 4.92. The maximum Gasteiger partial charge on any atom is 0.0434 e. The van der Waals surface area contributed by atoms with Crippen molar-refractivity contribution >= 4 is 0 Å². The molecule has 0 atom stereocenters. The molecule has 140 valence electrons. The third-order valence-electron chi connectivity index (χ3n) is 7.06. The van der Waals surface area contributed by atoms with Crippen molar-refractivity contribution in [1.29, 1.82) is 0 Å². The lowest BCUT2D eigenvalue weighted by atomic mass is 9.77. The fourth-order valence-corrected chi connectivity index (χ4v) is 5.33. The van der Waals surface area contributed by atoms with Crippen molar-refractivity contribution in [3.8, 4) is 0 Å². The molecule has 1 aromatic heterocycles. The average molecular weight is 342 g/mol. The minimum absolute atomic E-state index is 0.729. The lowest BCUT2D eigenvalue weighted by molar-refractivity contribution is 0.300. The summed E-state index contributed by atoms with van der Waals surface area (Å²) in [6.45, 7) is 4.64. The molecule has 1 heterocycles. The fourth-order valence-electron chi connectivity index (χ4n) is 5.33. The Morgan fingerprint density at radius 2 is 1.40 bits per heavy atom. The van der Waals surface area contributed by atoms with Crippen LogP contribution in [0.2, 0.25) is 0 Å². The summed E-state index contributed by atoms with van der Waals surface area (Å²) < 4.78 is 0. The quantitative estimate of drug-likeness (QED) is 0.497. The largest absolute Gasteiger partial charge is 0.261 e. The maximum absolute atomic E-state index is 4.92. The van der Waals surface area contributed by atoms with Gasteiger partial charge in [-0.05, 0) is 80.8 Å². The third kappa shape index (κ3) is 5.31. The first kappa shape index (κ1) is 18.9. The molecule has 1 nitrogen and oxygen atoms in total. The molecular weight excluding hydrogens is 302 g/mol. The van der Waals surface area contributed by atoms with E-state index in [1.807, 2.05) is 0 Å². The Morgan fingerprint density at radius 1 is 0.760 bits per heavy atom. The van der Waals surface area contributed by atoms with Crippen molar-refractivity contribution in [1.82, 2.24) is 4.98 Å². The molecule has 0 bridgehead atoms. The summed E-state index contributed by atoms with van der Waals surface area (Å²) in [5.41, 5.74) is 2.88. The highest BCUT2D eigenvalue weighted by atomic mass is 14.7. The molecule has 1 heteroatoms. The summed E-state index contributed by atoms with van der Waals surface area (Å²) in [6.07, 6.45) is 20.5. The number of aromatic nitrogens is 1. The summed E-state index contributed by atoms with van der Waals surface area (Å²) in [5, 5.41) is 0. The lowest BCUT2D eigenvalue weighted by Crippen LogP contribution is -2.15. The van der Waals surface area contributed by atoms with Crippen molar-refractivity contribution in [2.45, 2.75) is 109 Å². The summed E-state index contributed by atoms with van der Waals surface area (Å²) >= 11 is 0. The molecule has 0 N–H and O–H groups in total. The van der Waals surface area contributed by atoms with Gasteiger partial charge in [0, 0.05) is 17.8 Å². The molecule has 0 aliphatic heterocycles. The van der Waals surface area contributed by atoms with Crippen LogP contribution in [-0.2, 0) is 0 Å². The first-order valence-corrected chi connectivity index (χ1v) is 11.3. The van der Waals surface area contributed by atoms with E-state index in [4.69, 9.17) is 4.98 Å². The van der Waals surface area contributed by atoms with E-state index in [1.54, 1.807) is 0 Å². The first-order chi connectivity index (χ1) is 12.3. The van der Waals surface area contributed by atoms with Crippen LogP contribution in [0.1, 0.15) is 120 Å². The van der Waals surface area contributed by atoms with Gasteiger partial charge in [0.05, 0.1) is 0 Å². The zero-order valence-electron chi connectivity index (χ0n) is 16.7. The number of rotatable bonds is 7. The Kier molecular flexibility index (Phi) is 7.37. The summed E-state index contributed by atoms with van der Waals surface area (Å²) in [6, 6.07) is 4.78. The van der Waals surface area contributed by atoms with Gasteiger partial charge in [-0.1, -0.05) is 52.0 Å². The van der Waals surface area contributed by atoms with E-state index in [0.717, 1.165) is 23.7 Å². The van der Waals surface area contributed by atoms with E-state index >= 15 is 0 Å². The van der Waals surface area contributed by atoms with Gasteiger partial charge in [0.25, 0.3) is 0 Å². The molecule has 1 aromatic rings. The van der Waals surface area contributed by atoms with Crippen LogP contribution in [-0.4, -0.2) is 4.98 Å². The van der Waals surface area contributed by atoms with Crippen molar-refractivity contribution in [2.24, 2.45) is 11.8 Å². The SMILES string of the molecule is CCCCC1CCC(c2ccc(C3CCC(CCC)CC3)cn2)CC1. The van der Waals surface area contributed by atoms with Gasteiger partial charge in [0.15, 0.2) is 0 Å². The van der Waals surface area contributed by atoms with Gasteiger partial charge in [-0.25, -0.2) is 0 Å². The zero-order chi connectivity index (χ0) is 17.5. The molecule has 0 radical (unpaired) electrons. The summed E-state index contributed by atoms with van der Waals surface area (Å²) in [5.74, 6) is 3.50. The van der Waals surface area contributed by atoms with E-state index in [9.17, 15) is 0 Å². The Labute approximate surface area is 156 Å². The smallest absolute Gasteiger partial charge is 0.0434 e. The van der Waals surface area contributed by atoms with E-state index in [1.165, 1.54) is 94.7 Å². The molecule has 0 amide bonds. The Hall–Kier alpha value is -0.850. The Morgan fingerprint density at radius 3 is 1.96 bits per heavy atom. The van der Waals surface area contributed by atoms with Gasteiger partial charge >= 0.3 is 0 Å². The van der Waals surface area contributed by atoms with Crippen LogP contribution < -0.4 is 0 Å². The molecule has 2 saturated carbocycles. The lowest BCUT2D eigenvalue weighted by Gasteiger charge is -2.30. The second-order valence-electron chi connectivity index (χ2n) is 8.88. The van der Waals surface area contributed by atoms with Gasteiger partial charge in [0.2, 0.25) is 0 Å². The van der Waals surface area contributed by atoms with E-state index < -0.39 is 0 Å². The van der Waals surface area contributed by atoms with Gasteiger partial charge in [-0.3, -0.25) is 4.98 Å².